The lowest BCUT2D eigenvalue weighted by Crippen LogP contribution is -2.61. The minimum atomic E-state index is 0.0873. The van der Waals surface area contributed by atoms with Crippen molar-refractivity contribution in [2.45, 2.75) is 38.0 Å². The van der Waals surface area contributed by atoms with E-state index in [-0.39, 0.29) is 6.71 Å². The van der Waals surface area contributed by atoms with Crippen LogP contribution >= 0.6 is 0 Å². The van der Waals surface area contributed by atoms with Gasteiger partial charge in [0.15, 0.2) is 0 Å². The molecule has 0 radical (unpaired) electrons. The molecular weight excluding hydrogens is 527 g/mol. The lowest BCUT2D eigenvalue weighted by Gasteiger charge is -2.44. The molecule has 2 aliphatic heterocycles. The first kappa shape index (κ1) is 26.0. The van der Waals surface area contributed by atoms with Crippen LogP contribution in [0.5, 0.6) is 11.5 Å². The topological polar surface area (TPSA) is 24.9 Å². The van der Waals surface area contributed by atoms with Crippen molar-refractivity contribution in [2.75, 3.05) is 24.0 Å². The molecule has 0 N–H and O–H groups in total. The largest absolute Gasteiger partial charge is 0.497 e. The Labute approximate surface area is 254 Å². The van der Waals surface area contributed by atoms with Gasteiger partial charge in [0.05, 0.1) is 14.2 Å². The third-order valence-electron chi connectivity index (χ3n) is 9.64. The van der Waals surface area contributed by atoms with Crippen LogP contribution in [0.15, 0.2) is 109 Å². The van der Waals surface area contributed by atoms with Crippen molar-refractivity contribution in [2.24, 2.45) is 0 Å². The van der Waals surface area contributed by atoms with Crippen LogP contribution in [0.25, 0.3) is 0 Å². The summed E-state index contributed by atoms with van der Waals surface area (Å²) in [4.78, 5) is 4.87. The van der Waals surface area contributed by atoms with Crippen LogP contribution < -0.4 is 35.7 Å². The minimum Gasteiger partial charge on any atom is -0.497 e. The number of para-hydroxylation sites is 1. The third kappa shape index (κ3) is 4.21. The summed E-state index contributed by atoms with van der Waals surface area (Å²) in [5.74, 6) is 2.36. The summed E-state index contributed by atoms with van der Waals surface area (Å²) < 4.78 is 11.3. The van der Waals surface area contributed by atoms with Gasteiger partial charge in [0.2, 0.25) is 0 Å². The SMILES string of the molecule is COc1ccc(N2c3ccc(OC)cc3B3c4cc(C5CCCCC5)ccc4N(c4ccccc4)c4cccc2c43)cc1. The van der Waals surface area contributed by atoms with Crippen LogP contribution in [0.3, 0.4) is 0 Å². The van der Waals surface area contributed by atoms with E-state index in [0.29, 0.717) is 5.92 Å². The number of benzene rings is 5. The van der Waals surface area contributed by atoms with Crippen molar-refractivity contribution >= 4 is 57.2 Å². The van der Waals surface area contributed by atoms with Crippen molar-refractivity contribution in [3.8, 4) is 11.5 Å². The van der Waals surface area contributed by atoms with Crippen molar-refractivity contribution in [3.05, 3.63) is 115 Å². The van der Waals surface area contributed by atoms with E-state index < -0.39 is 0 Å². The maximum atomic E-state index is 5.83. The molecule has 212 valence electrons. The fourth-order valence-corrected chi connectivity index (χ4v) is 7.62. The van der Waals surface area contributed by atoms with E-state index in [9.17, 15) is 0 Å². The predicted molar refractivity (Wildman–Crippen MR) is 179 cm³/mol. The lowest BCUT2D eigenvalue weighted by molar-refractivity contribution is 0.415. The fraction of sp³-hybridized carbons (Fsp3) is 0.211. The fourth-order valence-electron chi connectivity index (χ4n) is 7.62. The number of hydrogen-bond acceptors (Lipinski definition) is 4. The third-order valence-corrected chi connectivity index (χ3v) is 9.64. The molecular formula is C38H35BN2O2. The highest BCUT2D eigenvalue weighted by Crippen LogP contribution is 2.45. The first-order valence-corrected chi connectivity index (χ1v) is 15.5. The number of hydrogen-bond donors (Lipinski definition) is 0. The van der Waals surface area contributed by atoms with Gasteiger partial charge in [-0.1, -0.05) is 55.7 Å². The van der Waals surface area contributed by atoms with Gasteiger partial charge in [-0.2, -0.15) is 0 Å². The summed E-state index contributed by atoms with van der Waals surface area (Å²) in [5, 5.41) is 0. The van der Waals surface area contributed by atoms with Crippen LogP contribution in [0, 0.1) is 0 Å². The first-order chi connectivity index (χ1) is 21.2. The van der Waals surface area contributed by atoms with E-state index in [0.717, 1.165) is 17.2 Å². The van der Waals surface area contributed by atoms with Crippen molar-refractivity contribution in [1.82, 2.24) is 0 Å². The number of ether oxygens (including phenoxy) is 2. The van der Waals surface area contributed by atoms with Gasteiger partial charge in [0, 0.05) is 34.1 Å². The second-order valence-electron chi connectivity index (χ2n) is 11.9. The zero-order valence-corrected chi connectivity index (χ0v) is 24.8. The van der Waals surface area contributed by atoms with Gasteiger partial charge in [-0.25, -0.2) is 0 Å². The predicted octanol–water partition coefficient (Wildman–Crippen LogP) is 7.83. The molecule has 1 saturated carbocycles. The van der Waals surface area contributed by atoms with Crippen molar-refractivity contribution < 1.29 is 9.47 Å². The maximum Gasteiger partial charge on any atom is 0.252 e. The second kappa shape index (κ2) is 10.6. The van der Waals surface area contributed by atoms with Gasteiger partial charge in [-0.05, 0) is 114 Å². The molecule has 5 heteroatoms. The van der Waals surface area contributed by atoms with Crippen LogP contribution in [-0.4, -0.2) is 20.9 Å². The van der Waals surface area contributed by atoms with E-state index >= 15 is 0 Å². The van der Waals surface area contributed by atoms with Crippen molar-refractivity contribution in [3.63, 3.8) is 0 Å². The van der Waals surface area contributed by atoms with Gasteiger partial charge in [-0.3, -0.25) is 0 Å². The monoisotopic (exact) mass is 562 g/mol. The average molecular weight is 563 g/mol. The Bertz CT molecular complexity index is 1800. The second-order valence-corrected chi connectivity index (χ2v) is 11.9. The molecule has 0 bridgehead atoms. The Hall–Kier alpha value is -4.64. The molecule has 0 amide bonds. The quantitative estimate of drug-likeness (QED) is 0.200. The highest BCUT2D eigenvalue weighted by molar-refractivity contribution is 7.00. The average Bonchev–Trinajstić information content (AvgIpc) is 3.08. The highest BCUT2D eigenvalue weighted by atomic mass is 16.5. The van der Waals surface area contributed by atoms with Crippen molar-refractivity contribution in [1.29, 1.82) is 0 Å². The maximum absolute atomic E-state index is 5.83. The molecule has 5 aromatic rings. The van der Waals surface area contributed by atoms with E-state index in [2.05, 4.69) is 107 Å². The summed E-state index contributed by atoms with van der Waals surface area (Å²) >= 11 is 0. The number of nitrogens with zero attached hydrogens (tertiary/aromatic N) is 2. The Kier molecular flexibility index (Phi) is 6.40. The molecule has 43 heavy (non-hydrogen) atoms. The molecule has 4 nitrogen and oxygen atoms in total. The minimum absolute atomic E-state index is 0.0873. The number of rotatable bonds is 5. The summed E-state index contributed by atoms with van der Waals surface area (Å²) in [6.07, 6.45) is 6.57. The Morgan fingerprint density at radius 1 is 0.558 bits per heavy atom. The molecule has 2 heterocycles. The van der Waals surface area contributed by atoms with Gasteiger partial charge < -0.3 is 19.3 Å². The van der Waals surface area contributed by atoms with Crippen LogP contribution in [0.1, 0.15) is 43.6 Å². The standard InChI is InChI=1S/C38H35BN2O2/c1-42-30-19-17-29(18-20-30)41-35-23-21-31(43-2)25-33(35)39-32-24-27(26-10-5-3-6-11-26)16-22-34(32)40(28-12-7-4-8-13-28)36-14-9-15-37(41)38(36)39/h4,7-9,12-26H,3,5-6,10-11H2,1-2H3. The molecule has 3 aliphatic rings. The smallest absolute Gasteiger partial charge is 0.252 e. The summed E-state index contributed by atoms with van der Waals surface area (Å²) in [6, 6.07) is 39.9. The van der Waals surface area contributed by atoms with Gasteiger partial charge >= 0.3 is 0 Å². The molecule has 0 spiro atoms. The first-order valence-electron chi connectivity index (χ1n) is 15.5. The van der Waals surface area contributed by atoms with Gasteiger partial charge in [-0.15, -0.1) is 0 Å². The van der Waals surface area contributed by atoms with Crippen LogP contribution in [0.2, 0.25) is 0 Å². The molecule has 5 aromatic carbocycles. The van der Waals surface area contributed by atoms with E-state index in [1.54, 1.807) is 14.2 Å². The molecule has 0 saturated heterocycles. The van der Waals surface area contributed by atoms with Gasteiger partial charge in [0.25, 0.3) is 6.71 Å². The Balaban J connectivity index is 1.41. The normalized spacial score (nSPS) is 15.4. The Morgan fingerprint density at radius 3 is 1.84 bits per heavy atom. The van der Waals surface area contributed by atoms with E-state index in [1.165, 1.54) is 82.5 Å². The molecule has 0 unspecified atom stereocenters. The summed E-state index contributed by atoms with van der Waals surface area (Å²) in [7, 11) is 3.48. The summed E-state index contributed by atoms with van der Waals surface area (Å²) in [6.45, 7) is 0.0873. The van der Waals surface area contributed by atoms with E-state index in [4.69, 9.17) is 9.47 Å². The molecule has 8 rings (SSSR count). The highest BCUT2D eigenvalue weighted by Gasteiger charge is 2.43. The summed E-state index contributed by atoms with van der Waals surface area (Å²) in [5.41, 5.74) is 12.6. The van der Waals surface area contributed by atoms with Crippen LogP contribution in [0.4, 0.5) is 34.1 Å². The zero-order valence-electron chi connectivity index (χ0n) is 24.8. The Morgan fingerprint density at radius 2 is 1.16 bits per heavy atom. The molecule has 0 atom stereocenters. The number of anilines is 6. The van der Waals surface area contributed by atoms with E-state index in [1.807, 2.05) is 12.1 Å². The lowest BCUT2D eigenvalue weighted by atomic mass is 9.33. The van der Waals surface area contributed by atoms with Crippen LogP contribution in [-0.2, 0) is 0 Å². The molecule has 1 fully saturated rings. The molecule has 1 aliphatic carbocycles. The number of fused-ring (bicyclic) bond motifs is 4. The van der Waals surface area contributed by atoms with Gasteiger partial charge in [0.1, 0.15) is 11.5 Å². The molecule has 0 aromatic heterocycles. The number of methoxy groups -OCH3 is 2. The zero-order chi connectivity index (χ0) is 28.9.